The smallest absolute Gasteiger partial charge is 0.254 e. The highest BCUT2D eigenvalue weighted by Gasteiger charge is 2.29. The molecule has 7 nitrogen and oxygen atoms in total. The van der Waals surface area contributed by atoms with E-state index in [0.717, 1.165) is 0 Å². The first-order chi connectivity index (χ1) is 11.1. The van der Waals surface area contributed by atoms with Gasteiger partial charge < -0.3 is 16.0 Å². The van der Waals surface area contributed by atoms with Crippen molar-refractivity contribution in [1.29, 1.82) is 0 Å². The molecule has 1 aromatic carbocycles. The summed E-state index contributed by atoms with van der Waals surface area (Å²) in [6, 6.07) is 10.8. The molecule has 0 radical (unpaired) electrons. The van der Waals surface area contributed by atoms with Gasteiger partial charge in [-0.2, -0.15) is 0 Å². The highest BCUT2D eigenvalue weighted by Crippen LogP contribution is 2.18. The van der Waals surface area contributed by atoms with Crippen LogP contribution in [0, 0.1) is 0 Å². The van der Waals surface area contributed by atoms with E-state index in [2.05, 4.69) is 20.9 Å². The quantitative estimate of drug-likeness (QED) is 0.792. The van der Waals surface area contributed by atoms with E-state index in [1.807, 2.05) is 0 Å². The third-order valence-corrected chi connectivity index (χ3v) is 3.37. The Balaban J connectivity index is 1.70. The van der Waals surface area contributed by atoms with Gasteiger partial charge >= 0.3 is 0 Å². The second kappa shape index (κ2) is 6.27. The van der Waals surface area contributed by atoms with Crippen LogP contribution in [0.1, 0.15) is 16.8 Å². The number of nitrogens with one attached hydrogen (secondary N) is 3. The molecule has 3 amide bonds. The molecule has 1 aliphatic rings. The molecular weight excluding hydrogens is 296 g/mol. The van der Waals surface area contributed by atoms with Crippen LogP contribution in [0.5, 0.6) is 0 Å². The molecule has 1 unspecified atom stereocenters. The Bertz CT molecular complexity index is 761. The van der Waals surface area contributed by atoms with Crippen LogP contribution in [0.25, 0.3) is 0 Å². The lowest BCUT2D eigenvalue weighted by Gasteiger charge is -2.14. The molecule has 0 fully saturated rings. The van der Waals surface area contributed by atoms with Gasteiger partial charge in [0.15, 0.2) is 0 Å². The average Bonchev–Trinajstić information content (AvgIpc) is 2.66. The van der Waals surface area contributed by atoms with Gasteiger partial charge in [-0.15, -0.1) is 0 Å². The normalized spacial score (nSPS) is 16.6. The Morgan fingerprint density at radius 1 is 1.13 bits per heavy atom. The van der Waals surface area contributed by atoms with Crippen molar-refractivity contribution in [1.82, 2.24) is 10.3 Å². The standard InChI is InChI=1S/C16H14N4O3/c21-14(20-13-7-3-4-8-17-13)9-12-16(23)18-11-6-2-1-5-10(11)15(22)19-12/h1-8,12H,9H2,(H,18,23)(H,19,22)(H,17,20,21). The largest absolute Gasteiger partial charge is 0.340 e. The summed E-state index contributed by atoms with van der Waals surface area (Å²) in [5.41, 5.74) is 0.802. The van der Waals surface area contributed by atoms with E-state index < -0.39 is 23.8 Å². The third kappa shape index (κ3) is 3.34. The molecule has 2 heterocycles. The van der Waals surface area contributed by atoms with Crippen molar-refractivity contribution in [3.63, 3.8) is 0 Å². The number of nitrogens with zero attached hydrogens (tertiary/aromatic N) is 1. The maximum Gasteiger partial charge on any atom is 0.254 e. The van der Waals surface area contributed by atoms with E-state index in [1.54, 1.807) is 48.7 Å². The SMILES string of the molecule is O=C(CC1NC(=O)c2ccccc2NC1=O)Nc1ccccn1. The van der Waals surface area contributed by atoms with Gasteiger partial charge in [0.1, 0.15) is 11.9 Å². The summed E-state index contributed by atoms with van der Waals surface area (Å²) >= 11 is 0. The summed E-state index contributed by atoms with van der Waals surface area (Å²) in [7, 11) is 0. The first kappa shape index (κ1) is 14.7. The molecule has 0 saturated carbocycles. The zero-order valence-electron chi connectivity index (χ0n) is 12.1. The van der Waals surface area contributed by atoms with E-state index in [-0.39, 0.29) is 6.42 Å². The summed E-state index contributed by atoms with van der Waals surface area (Å²) in [6.07, 6.45) is 1.37. The maximum absolute atomic E-state index is 12.2. The first-order valence-electron chi connectivity index (χ1n) is 7.05. The minimum Gasteiger partial charge on any atom is -0.340 e. The zero-order chi connectivity index (χ0) is 16.2. The van der Waals surface area contributed by atoms with Crippen LogP contribution in [-0.2, 0) is 9.59 Å². The minimum atomic E-state index is -0.946. The Hall–Kier alpha value is -3.22. The van der Waals surface area contributed by atoms with Gasteiger partial charge in [-0.1, -0.05) is 18.2 Å². The molecule has 1 aromatic heterocycles. The van der Waals surface area contributed by atoms with Crippen LogP contribution in [0.2, 0.25) is 0 Å². The number of benzene rings is 1. The number of hydrogen-bond donors (Lipinski definition) is 3. The molecule has 0 saturated heterocycles. The second-order valence-electron chi connectivity index (χ2n) is 5.03. The fourth-order valence-electron chi connectivity index (χ4n) is 2.27. The number of carbonyl (C=O) groups is 3. The van der Waals surface area contributed by atoms with Crippen LogP contribution < -0.4 is 16.0 Å². The minimum absolute atomic E-state index is 0.178. The summed E-state index contributed by atoms with van der Waals surface area (Å²) < 4.78 is 0. The van der Waals surface area contributed by atoms with Gasteiger partial charge in [0, 0.05) is 6.20 Å². The Kier molecular flexibility index (Phi) is 4.01. The summed E-state index contributed by atoms with van der Waals surface area (Å²) in [4.78, 5) is 40.4. The van der Waals surface area contributed by atoms with E-state index in [4.69, 9.17) is 0 Å². The Morgan fingerprint density at radius 3 is 2.70 bits per heavy atom. The molecule has 3 rings (SSSR count). The number of rotatable bonds is 3. The summed E-state index contributed by atoms with van der Waals surface area (Å²) in [6.45, 7) is 0. The number of pyridine rings is 1. The lowest BCUT2D eigenvalue weighted by molar-refractivity contribution is -0.122. The fraction of sp³-hybridized carbons (Fsp3) is 0.125. The Morgan fingerprint density at radius 2 is 1.91 bits per heavy atom. The molecule has 7 heteroatoms. The highest BCUT2D eigenvalue weighted by atomic mass is 16.2. The van der Waals surface area contributed by atoms with Crippen molar-refractivity contribution in [3.8, 4) is 0 Å². The van der Waals surface area contributed by atoms with Gasteiger partial charge in [0.05, 0.1) is 17.7 Å². The topological polar surface area (TPSA) is 100 Å². The number of amides is 3. The third-order valence-electron chi connectivity index (χ3n) is 3.37. The lowest BCUT2D eigenvalue weighted by atomic mass is 10.1. The number of fused-ring (bicyclic) bond motifs is 1. The Labute approximate surface area is 132 Å². The predicted molar refractivity (Wildman–Crippen MR) is 83.8 cm³/mol. The van der Waals surface area contributed by atoms with Crippen LogP contribution in [0.4, 0.5) is 11.5 Å². The molecule has 23 heavy (non-hydrogen) atoms. The van der Waals surface area contributed by atoms with Crippen molar-refractivity contribution in [2.45, 2.75) is 12.5 Å². The second-order valence-corrected chi connectivity index (χ2v) is 5.03. The predicted octanol–water partition coefficient (Wildman–Crippen LogP) is 1.16. The number of para-hydroxylation sites is 1. The average molecular weight is 310 g/mol. The summed E-state index contributed by atoms with van der Waals surface area (Å²) in [5.74, 6) is -0.842. The van der Waals surface area contributed by atoms with Crippen LogP contribution >= 0.6 is 0 Å². The lowest BCUT2D eigenvalue weighted by Crippen LogP contribution is -2.43. The van der Waals surface area contributed by atoms with E-state index in [1.165, 1.54) is 0 Å². The molecule has 1 aliphatic heterocycles. The highest BCUT2D eigenvalue weighted by molar-refractivity contribution is 6.11. The molecular formula is C16H14N4O3. The van der Waals surface area contributed by atoms with Crippen molar-refractivity contribution < 1.29 is 14.4 Å². The van der Waals surface area contributed by atoms with E-state index in [0.29, 0.717) is 17.1 Å². The number of aromatic nitrogens is 1. The fourth-order valence-corrected chi connectivity index (χ4v) is 2.27. The van der Waals surface area contributed by atoms with Gasteiger partial charge in [-0.25, -0.2) is 4.98 Å². The van der Waals surface area contributed by atoms with Crippen molar-refractivity contribution >= 4 is 29.2 Å². The van der Waals surface area contributed by atoms with E-state index in [9.17, 15) is 14.4 Å². The van der Waals surface area contributed by atoms with Crippen LogP contribution in [0.15, 0.2) is 48.7 Å². The molecule has 0 bridgehead atoms. The van der Waals surface area contributed by atoms with E-state index >= 15 is 0 Å². The summed E-state index contributed by atoms with van der Waals surface area (Å²) in [5, 5.41) is 7.81. The molecule has 0 spiro atoms. The zero-order valence-corrected chi connectivity index (χ0v) is 12.1. The van der Waals surface area contributed by atoms with Gasteiger partial charge in [-0.3, -0.25) is 14.4 Å². The van der Waals surface area contributed by atoms with Gasteiger partial charge in [-0.05, 0) is 24.3 Å². The van der Waals surface area contributed by atoms with Gasteiger partial charge in [0.2, 0.25) is 11.8 Å². The molecule has 1 atom stereocenters. The number of hydrogen-bond acceptors (Lipinski definition) is 4. The number of carbonyl (C=O) groups excluding carboxylic acids is 3. The van der Waals surface area contributed by atoms with Crippen molar-refractivity contribution in [3.05, 3.63) is 54.2 Å². The first-order valence-corrected chi connectivity index (χ1v) is 7.05. The monoisotopic (exact) mass is 310 g/mol. The van der Waals surface area contributed by atoms with Crippen LogP contribution in [-0.4, -0.2) is 28.7 Å². The molecule has 3 N–H and O–H groups in total. The number of anilines is 2. The van der Waals surface area contributed by atoms with Crippen molar-refractivity contribution in [2.24, 2.45) is 0 Å². The van der Waals surface area contributed by atoms with Gasteiger partial charge in [0.25, 0.3) is 5.91 Å². The van der Waals surface area contributed by atoms with Crippen LogP contribution in [0.3, 0.4) is 0 Å². The molecule has 0 aliphatic carbocycles. The van der Waals surface area contributed by atoms with Crippen molar-refractivity contribution in [2.75, 3.05) is 10.6 Å². The maximum atomic E-state index is 12.2. The molecule has 116 valence electrons. The molecule has 2 aromatic rings.